The summed E-state index contributed by atoms with van der Waals surface area (Å²) in [6.07, 6.45) is 0.718. The number of pyridine rings is 1. The first kappa shape index (κ1) is 18.5. The van der Waals surface area contributed by atoms with Crippen molar-refractivity contribution in [3.05, 3.63) is 86.7 Å². The van der Waals surface area contributed by atoms with Crippen LogP contribution in [0.3, 0.4) is 0 Å². The van der Waals surface area contributed by atoms with E-state index in [-0.39, 0.29) is 17.2 Å². The van der Waals surface area contributed by atoms with Crippen LogP contribution in [-0.4, -0.2) is 14.9 Å². The van der Waals surface area contributed by atoms with Crippen LogP contribution in [0.25, 0.3) is 11.3 Å². The number of aromatic nitrogens is 1. The van der Waals surface area contributed by atoms with Gasteiger partial charge in [-0.3, -0.25) is 9.59 Å². The molecule has 5 heteroatoms. The van der Waals surface area contributed by atoms with Gasteiger partial charge in [-0.1, -0.05) is 55.0 Å². The molecule has 1 aliphatic carbocycles. The topological polar surface area (TPSA) is 59.3 Å². The normalized spacial score (nSPS) is 15.0. The summed E-state index contributed by atoms with van der Waals surface area (Å²) in [5.74, 6) is -0.341. The summed E-state index contributed by atoms with van der Waals surface area (Å²) in [5, 5.41) is 9.89. The molecule has 0 fully saturated rings. The maximum Gasteiger partial charge on any atom is 0.267 e. The van der Waals surface area contributed by atoms with Crippen LogP contribution in [-0.2, 0) is 13.0 Å². The highest BCUT2D eigenvalue weighted by Crippen LogP contribution is 2.44. The molecule has 0 bridgehead atoms. The smallest absolute Gasteiger partial charge is 0.267 e. The molecule has 1 aliphatic rings. The third-order valence-electron chi connectivity index (χ3n) is 5.40. The number of carbonyl (C=O) groups excluding carboxylic acids is 1. The van der Waals surface area contributed by atoms with Crippen LogP contribution in [0.1, 0.15) is 45.5 Å². The van der Waals surface area contributed by atoms with Crippen LogP contribution in [0, 0.1) is 6.92 Å². The number of rotatable bonds is 3. The highest BCUT2D eigenvalue weighted by atomic mass is 35.5. The average molecular weight is 394 g/mol. The van der Waals surface area contributed by atoms with Crippen LogP contribution in [0.2, 0.25) is 0 Å². The second-order valence-corrected chi connectivity index (χ2v) is 7.75. The zero-order valence-electron chi connectivity index (χ0n) is 15.7. The first-order valence-electron chi connectivity index (χ1n) is 9.21. The van der Waals surface area contributed by atoms with E-state index in [0.29, 0.717) is 17.8 Å². The molecular formula is C23H20ClNO3. The minimum Gasteiger partial charge on any atom is -0.507 e. The van der Waals surface area contributed by atoms with E-state index in [4.69, 9.17) is 11.6 Å². The molecule has 28 heavy (non-hydrogen) atoms. The lowest BCUT2D eigenvalue weighted by atomic mass is 9.80. The summed E-state index contributed by atoms with van der Waals surface area (Å²) < 4.78 is 1.58. The summed E-state index contributed by atoms with van der Waals surface area (Å²) in [7, 11) is 0. The molecule has 0 saturated heterocycles. The Morgan fingerprint density at radius 1 is 1.21 bits per heavy atom. The predicted molar refractivity (Wildman–Crippen MR) is 110 cm³/mol. The van der Waals surface area contributed by atoms with E-state index >= 15 is 0 Å². The Hall–Kier alpha value is -2.85. The van der Waals surface area contributed by atoms with Crippen LogP contribution in [0.15, 0.2) is 53.3 Å². The number of fused-ring (bicyclic) bond motifs is 3. The highest BCUT2D eigenvalue weighted by molar-refractivity contribution is 6.68. The Kier molecular flexibility index (Phi) is 4.60. The van der Waals surface area contributed by atoms with Gasteiger partial charge in [-0.25, -0.2) is 0 Å². The van der Waals surface area contributed by atoms with Gasteiger partial charge in [0.05, 0.1) is 12.2 Å². The van der Waals surface area contributed by atoms with Gasteiger partial charge in [-0.05, 0) is 48.1 Å². The third kappa shape index (κ3) is 2.94. The average Bonchev–Trinajstić information content (AvgIpc) is 2.65. The monoisotopic (exact) mass is 393 g/mol. The molecule has 142 valence electrons. The Morgan fingerprint density at radius 2 is 1.93 bits per heavy atom. The van der Waals surface area contributed by atoms with Gasteiger partial charge in [0.25, 0.3) is 10.8 Å². The summed E-state index contributed by atoms with van der Waals surface area (Å²) in [4.78, 5) is 25.2. The van der Waals surface area contributed by atoms with Crippen LogP contribution in [0.4, 0.5) is 0 Å². The molecule has 0 saturated carbocycles. The lowest BCUT2D eigenvalue weighted by Crippen LogP contribution is -2.30. The molecule has 3 aromatic rings. The van der Waals surface area contributed by atoms with E-state index in [1.807, 2.05) is 56.3 Å². The standard InChI is InChI=1S/C23H20ClNO3/c1-13-8-9-16-11-14(2)18-20(17(16)10-13)25(12-15-6-4-3-5-7-15)23(28)19(21(18)26)22(24)27/h3-10,14,26H,11-12H2,1-2H3. The first-order chi connectivity index (χ1) is 13.4. The van der Waals surface area contributed by atoms with Crippen LogP contribution >= 0.6 is 11.6 Å². The summed E-state index contributed by atoms with van der Waals surface area (Å²) in [5.41, 5.74) is 4.40. The quantitative estimate of drug-likeness (QED) is 0.661. The molecule has 0 radical (unpaired) electrons. The molecular weight excluding hydrogens is 374 g/mol. The van der Waals surface area contributed by atoms with E-state index in [1.165, 1.54) is 0 Å². The van der Waals surface area contributed by atoms with E-state index < -0.39 is 10.8 Å². The Balaban J connectivity index is 2.10. The molecule has 0 amide bonds. The Labute approximate surface area is 168 Å². The molecule has 4 nitrogen and oxygen atoms in total. The van der Waals surface area contributed by atoms with Gasteiger partial charge < -0.3 is 9.67 Å². The van der Waals surface area contributed by atoms with E-state index in [0.717, 1.165) is 28.7 Å². The molecule has 4 rings (SSSR count). The number of halogens is 1. The van der Waals surface area contributed by atoms with Gasteiger partial charge in [-0.2, -0.15) is 0 Å². The number of nitrogens with zero attached hydrogens (tertiary/aromatic N) is 1. The number of aromatic hydroxyl groups is 1. The first-order valence-corrected chi connectivity index (χ1v) is 9.59. The van der Waals surface area contributed by atoms with E-state index in [1.54, 1.807) is 4.57 Å². The number of hydrogen-bond donors (Lipinski definition) is 1. The van der Waals surface area contributed by atoms with Gasteiger partial charge in [-0.15, -0.1) is 0 Å². The maximum atomic E-state index is 13.2. The number of hydrogen-bond acceptors (Lipinski definition) is 3. The highest BCUT2D eigenvalue weighted by Gasteiger charge is 2.32. The van der Waals surface area contributed by atoms with Crippen molar-refractivity contribution in [3.63, 3.8) is 0 Å². The predicted octanol–water partition coefficient (Wildman–Crippen LogP) is 4.62. The molecule has 0 aliphatic heterocycles. The van der Waals surface area contributed by atoms with Crippen molar-refractivity contribution >= 4 is 16.8 Å². The van der Waals surface area contributed by atoms with Crippen molar-refractivity contribution in [2.24, 2.45) is 0 Å². The van der Waals surface area contributed by atoms with Crippen molar-refractivity contribution in [3.8, 4) is 17.0 Å². The maximum absolute atomic E-state index is 13.2. The zero-order valence-corrected chi connectivity index (χ0v) is 16.5. The van der Waals surface area contributed by atoms with Gasteiger partial charge in [0.2, 0.25) is 0 Å². The number of benzene rings is 2. The molecule has 1 unspecified atom stereocenters. The lowest BCUT2D eigenvalue weighted by molar-refractivity contribution is 0.107. The van der Waals surface area contributed by atoms with Crippen molar-refractivity contribution in [1.82, 2.24) is 4.57 Å². The van der Waals surface area contributed by atoms with Crippen LogP contribution < -0.4 is 5.56 Å². The largest absolute Gasteiger partial charge is 0.507 e. The van der Waals surface area contributed by atoms with Gasteiger partial charge in [0.15, 0.2) is 0 Å². The molecule has 1 heterocycles. The molecule has 1 atom stereocenters. The van der Waals surface area contributed by atoms with Gasteiger partial charge >= 0.3 is 0 Å². The van der Waals surface area contributed by atoms with Gasteiger partial charge in [0, 0.05) is 11.1 Å². The Bertz CT molecular complexity index is 1150. The Morgan fingerprint density at radius 3 is 2.61 bits per heavy atom. The van der Waals surface area contributed by atoms with Crippen molar-refractivity contribution in [2.45, 2.75) is 32.7 Å². The van der Waals surface area contributed by atoms with Crippen LogP contribution in [0.5, 0.6) is 5.75 Å². The number of carbonyl (C=O) groups is 1. The number of aryl methyl sites for hydroxylation is 1. The molecule has 1 N–H and O–H groups in total. The fourth-order valence-corrected chi connectivity index (χ4v) is 4.27. The van der Waals surface area contributed by atoms with Crippen molar-refractivity contribution in [1.29, 1.82) is 0 Å². The minimum atomic E-state index is -0.936. The summed E-state index contributed by atoms with van der Waals surface area (Å²) in [6.45, 7) is 4.27. The SMILES string of the molecule is Cc1ccc2c(c1)-c1c(c(O)c(C(=O)Cl)c(=O)n1Cc1ccccc1)C(C)C2. The van der Waals surface area contributed by atoms with E-state index in [9.17, 15) is 14.7 Å². The van der Waals surface area contributed by atoms with Crippen molar-refractivity contribution in [2.75, 3.05) is 0 Å². The fourth-order valence-electron chi connectivity index (χ4n) is 4.10. The molecule has 1 aromatic heterocycles. The zero-order chi connectivity index (χ0) is 20.0. The molecule has 2 aromatic carbocycles. The van der Waals surface area contributed by atoms with Gasteiger partial charge in [0.1, 0.15) is 11.3 Å². The van der Waals surface area contributed by atoms with E-state index in [2.05, 4.69) is 6.07 Å². The minimum absolute atomic E-state index is 0.0532. The second-order valence-electron chi connectivity index (χ2n) is 7.40. The fraction of sp³-hybridized carbons (Fsp3) is 0.217. The third-order valence-corrected chi connectivity index (χ3v) is 5.58. The molecule has 0 spiro atoms. The lowest BCUT2D eigenvalue weighted by Gasteiger charge is -2.30. The second kappa shape index (κ2) is 6.95. The van der Waals surface area contributed by atoms with Crippen molar-refractivity contribution < 1.29 is 9.90 Å². The summed E-state index contributed by atoms with van der Waals surface area (Å²) >= 11 is 5.69. The summed E-state index contributed by atoms with van der Waals surface area (Å²) in [6, 6.07) is 15.7.